The van der Waals surface area contributed by atoms with Crippen molar-refractivity contribution in [3.63, 3.8) is 0 Å². The fourth-order valence-electron chi connectivity index (χ4n) is 3.42. The van der Waals surface area contributed by atoms with Crippen LogP contribution in [0.1, 0.15) is 37.7 Å². The van der Waals surface area contributed by atoms with Crippen LogP contribution in [-0.4, -0.2) is 82.6 Å². The Morgan fingerprint density at radius 3 is 2.03 bits per heavy atom. The second-order valence-electron chi connectivity index (χ2n) is 8.48. The minimum atomic E-state index is -1.55. The van der Waals surface area contributed by atoms with Gasteiger partial charge >= 0.3 is 11.9 Å². The maximum absolute atomic E-state index is 13.1. The second-order valence-corrected chi connectivity index (χ2v) is 9.47. The molecule has 1 aromatic carbocycles. The van der Waals surface area contributed by atoms with Crippen LogP contribution < -0.4 is 27.4 Å². The first kappa shape index (κ1) is 31.9. The number of aliphatic carboxylic acids is 2. The van der Waals surface area contributed by atoms with Crippen LogP contribution in [0.2, 0.25) is 0 Å². The number of hydrogen-bond donors (Lipinski definition) is 7. The molecule has 0 bridgehead atoms. The molecule has 1 aromatic rings. The molecule has 206 valence electrons. The van der Waals surface area contributed by atoms with E-state index in [1.165, 1.54) is 11.8 Å². The Bertz CT molecular complexity index is 903. The van der Waals surface area contributed by atoms with Crippen molar-refractivity contribution in [2.75, 3.05) is 18.6 Å². The Morgan fingerprint density at radius 2 is 1.46 bits per heavy atom. The molecule has 37 heavy (non-hydrogen) atoms. The summed E-state index contributed by atoms with van der Waals surface area (Å²) >= 11 is 1.39. The highest BCUT2D eigenvalue weighted by molar-refractivity contribution is 7.98. The maximum Gasteiger partial charge on any atom is 0.326 e. The van der Waals surface area contributed by atoms with Crippen LogP contribution in [0.15, 0.2) is 30.3 Å². The number of carbonyl (C=O) groups is 5. The fraction of sp³-hybridized carbons (Fsp3) is 0.542. The fourth-order valence-corrected chi connectivity index (χ4v) is 3.89. The Hall–Kier alpha value is -3.16. The van der Waals surface area contributed by atoms with E-state index in [0.29, 0.717) is 25.1 Å². The largest absolute Gasteiger partial charge is 0.481 e. The number of hydrogen-bond acceptors (Lipinski definition) is 8. The molecular formula is C24H37N5O7S. The number of carbonyl (C=O) groups excluding carboxylic acids is 3. The van der Waals surface area contributed by atoms with Crippen LogP contribution in [0.5, 0.6) is 0 Å². The van der Waals surface area contributed by atoms with Gasteiger partial charge in [0.1, 0.15) is 18.1 Å². The predicted octanol–water partition coefficient (Wildman–Crippen LogP) is -0.548. The lowest BCUT2D eigenvalue weighted by atomic mass is 10.0. The van der Waals surface area contributed by atoms with Gasteiger partial charge in [-0.05, 0) is 56.2 Å². The van der Waals surface area contributed by atoms with Crippen LogP contribution in [0, 0.1) is 0 Å². The SMILES string of the molecule is CSCCC(NC(=O)C(CC(=O)O)NC(=O)C(CCCCN)NC(=O)C(N)Cc1ccccc1)C(=O)O. The van der Waals surface area contributed by atoms with E-state index < -0.39 is 60.2 Å². The summed E-state index contributed by atoms with van der Waals surface area (Å²) in [4.78, 5) is 61.3. The Morgan fingerprint density at radius 1 is 0.865 bits per heavy atom. The molecule has 0 saturated heterocycles. The third-order valence-electron chi connectivity index (χ3n) is 5.45. The van der Waals surface area contributed by atoms with Gasteiger partial charge in [0.2, 0.25) is 17.7 Å². The first-order valence-corrected chi connectivity index (χ1v) is 13.3. The zero-order chi connectivity index (χ0) is 27.8. The third kappa shape index (κ3) is 12.6. The molecule has 13 heteroatoms. The van der Waals surface area contributed by atoms with Crippen LogP contribution in [0.4, 0.5) is 0 Å². The molecule has 0 aromatic heterocycles. The number of benzene rings is 1. The molecule has 12 nitrogen and oxygen atoms in total. The molecule has 0 saturated carbocycles. The summed E-state index contributed by atoms with van der Waals surface area (Å²) < 4.78 is 0. The lowest BCUT2D eigenvalue weighted by molar-refractivity contribution is -0.143. The second kappa shape index (κ2) is 17.3. The first-order valence-electron chi connectivity index (χ1n) is 11.9. The van der Waals surface area contributed by atoms with Gasteiger partial charge in [-0.1, -0.05) is 30.3 Å². The van der Waals surface area contributed by atoms with Crippen LogP contribution >= 0.6 is 11.8 Å². The molecule has 4 atom stereocenters. The van der Waals surface area contributed by atoms with Gasteiger partial charge in [0.15, 0.2) is 0 Å². The number of carboxylic acid groups (broad SMARTS) is 2. The monoisotopic (exact) mass is 539 g/mol. The van der Waals surface area contributed by atoms with Crippen molar-refractivity contribution in [1.82, 2.24) is 16.0 Å². The summed E-state index contributed by atoms with van der Waals surface area (Å²) in [6.45, 7) is 0.368. The zero-order valence-corrected chi connectivity index (χ0v) is 21.7. The molecule has 4 unspecified atom stereocenters. The van der Waals surface area contributed by atoms with E-state index in [4.69, 9.17) is 11.5 Å². The minimum Gasteiger partial charge on any atom is -0.481 e. The van der Waals surface area contributed by atoms with E-state index in [-0.39, 0.29) is 19.3 Å². The van der Waals surface area contributed by atoms with Crippen LogP contribution in [-0.2, 0) is 30.4 Å². The highest BCUT2D eigenvalue weighted by Gasteiger charge is 2.31. The summed E-state index contributed by atoms with van der Waals surface area (Å²) in [6, 6.07) is 4.25. The Balaban J connectivity index is 2.95. The topological polar surface area (TPSA) is 214 Å². The highest BCUT2D eigenvalue weighted by atomic mass is 32.2. The first-order chi connectivity index (χ1) is 17.6. The molecule has 0 heterocycles. The summed E-state index contributed by atoms with van der Waals surface area (Å²) in [5, 5.41) is 25.8. The summed E-state index contributed by atoms with van der Waals surface area (Å²) in [5.41, 5.74) is 12.4. The molecular weight excluding hydrogens is 502 g/mol. The molecule has 0 fully saturated rings. The summed E-state index contributed by atoms with van der Waals surface area (Å²) in [6.07, 6.45) is 2.59. The van der Waals surface area contributed by atoms with E-state index in [9.17, 15) is 34.2 Å². The van der Waals surface area contributed by atoms with E-state index in [2.05, 4.69) is 16.0 Å². The predicted molar refractivity (Wildman–Crippen MR) is 140 cm³/mol. The number of nitrogens with one attached hydrogen (secondary N) is 3. The average Bonchev–Trinajstić information content (AvgIpc) is 2.85. The molecule has 3 amide bonds. The van der Waals surface area contributed by atoms with Gasteiger partial charge in [-0.15, -0.1) is 0 Å². The van der Waals surface area contributed by atoms with Crippen molar-refractivity contribution in [3.8, 4) is 0 Å². The number of rotatable bonds is 18. The number of carboxylic acids is 2. The van der Waals surface area contributed by atoms with Crippen molar-refractivity contribution < 1.29 is 34.2 Å². The van der Waals surface area contributed by atoms with Crippen molar-refractivity contribution in [2.45, 2.75) is 62.7 Å². The van der Waals surface area contributed by atoms with E-state index in [1.54, 1.807) is 6.26 Å². The van der Waals surface area contributed by atoms with Gasteiger partial charge in [-0.2, -0.15) is 11.8 Å². The van der Waals surface area contributed by atoms with Crippen LogP contribution in [0.25, 0.3) is 0 Å². The normalized spacial score (nSPS) is 14.0. The van der Waals surface area contributed by atoms with Gasteiger partial charge in [0.25, 0.3) is 0 Å². The van der Waals surface area contributed by atoms with E-state index in [1.807, 2.05) is 30.3 Å². The van der Waals surface area contributed by atoms with Gasteiger partial charge in [-0.25, -0.2) is 4.79 Å². The van der Waals surface area contributed by atoms with Gasteiger partial charge < -0.3 is 37.6 Å². The molecule has 0 spiro atoms. The number of nitrogens with two attached hydrogens (primary N) is 2. The summed E-state index contributed by atoms with van der Waals surface area (Å²) in [7, 11) is 0. The van der Waals surface area contributed by atoms with E-state index in [0.717, 1.165) is 5.56 Å². The van der Waals surface area contributed by atoms with Crippen molar-refractivity contribution >= 4 is 41.4 Å². The number of amides is 3. The molecule has 1 rings (SSSR count). The van der Waals surface area contributed by atoms with Crippen molar-refractivity contribution in [3.05, 3.63) is 35.9 Å². The third-order valence-corrected chi connectivity index (χ3v) is 6.10. The van der Waals surface area contributed by atoms with Gasteiger partial charge in [0, 0.05) is 0 Å². The van der Waals surface area contributed by atoms with Crippen molar-refractivity contribution in [1.29, 1.82) is 0 Å². The molecule has 0 aliphatic carbocycles. The minimum absolute atomic E-state index is 0.118. The number of unbranched alkanes of at least 4 members (excludes halogenated alkanes) is 1. The summed E-state index contributed by atoms with van der Waals surface area (Å²) in [5.74, 6) is -4.51. The van der Waals surface area contributed by atoms with Gasteiger partial charge in [-0.3, -0.25) is 19.2 Å². The Labute approximate surface area is 220 Å². The maximum atomic E-state index is 13.1. The molecule has 9 N–H and O–H groups in total. The van der Waals surface area contributed by atoms with E-state index >= 15 is 0 Å². The smallest absolute Gasteiger partial charge is 0.326 e. The molecule has 0 aliphatic rings. The quantitative estimate of drug-likeness (QED) is 0.118. The van der Waals surface area contributed by atoms with Crippen LogP contribution in [0.3, 0.4) is 0 Å². The standard InChI is InChI=1S/C24H37N5O7S/c1-37-12-10-18(24(35)36)28-23(34)19(14-20(30)31)29-22(33)17(9-5-6-11-25)27-21(32)16(26)13-15-7-3-2-4-8-15/h2-4,7-8,16-19H,5-6,9-14,25-26H2,1H3,(H,27,32)(H,28,34)(H,29,33)(H,30,31)(H,35,36). The highest BCUT2D eigenvalue weighted by Crippen LogP contribution is 2.07. The average molecular weight is 540 g/mol. The lowest BCUT2D eigenvalue weighted by Gasteiger charge is -2.24. The van der Waals surface area contributed by atoms with Gasteiger partial charge in [0.05, 0.1) is 12.5 Å². The van der Waals surface area contributed by atoms with Crippen molar-refractivity contribution in [2.24, 2.45) is 11.5 Å². The molecule has 0 aliphatic heterocycles. The Kier molecular flexibility index (Phi) is 14.9. The lowest BCUT2D eigenvalue weighted by Crippen LogP contribution is -2.57. The molecule has 0 radical (unpaired) electrons. The zero-order valence-electron chi connectivity index (χ0n) is 20.9. The number of thioether (sulfide) groups is 1.